The number of rotatable bonds is 3. The lowest BCUT2D eigenvalue weighted by Crippen LogP contribution is -2.67. The van der Waals surface area contributed by atoms with Crippen LogP contribution in [0.2, 0.25) is 0 Å². The summed E-state index contributed by atoms with van der Waals surface area (Å²) in [5, 5.41) is 21.5. The van der Waals surface area contributed by atoms with Gasteiger partial charge in [-0.1, -0.05) is 45.9 Å². The maximum atomic E-state index is 12.8. The van der Waals surface area contributed by atoms with Crippen LogP contribution >= 0.6 is 0 Å². The molecule has 5 unspecified atom stereocenters. The Morgan fingerprint density at radius 1 is 0.882 bits per heavy atom. The summed E-state index contributed by atoms with van der Waals surface area (Å²) in [7, 11) is 0. The lowest BCUT2D eigenvalue weighted by molar-refractivity contribution is -0.244. The molecule has 0 aromatic heterocycles. The Labute approximate surface area is 207 Å². The van der Waals surface area contributed by atoms with Gasteiger partial charge in [-0.05, 0) is 117 Å². The van der Waals surface area contributed by atoms with Gasteiger partial charge in [0.05, 0.1) is 11.5 Å². The normalized spacial score (nSPS) is 56.4. The molecule has 0 heterocycles. The number of aliphatic hydroxyl groups excluding tert-OH is 1. The Balaban J connectivity index is 1.57. The second-order valence-electron chi connectivity index (χ2n) is 14.3. The molecule has 0 radical (unpaired) electrons. The van der Waals surface area contributed by atoms with Crippen LogP contribution in [-0.2, 0) is 4.79 Å². The van der Waals surface area contributed by atoms with E-state index >= 15 is 0 Å². The monoisotopic (exact) mass is 468 g/mol. The first kappa shape index (κ1) is 24.6. The molecule has 0 spiro atoms. The van der Waals surface area contributed by atoms with Crippen LogP contribution in [0.5, 0.6) is 0 Å². The van der Waals surface area contributed by atoms with Gasteiger partial charge in [0.2, 0.25) is 0 Å². The molecular formula is C31H48O3. The molecule has 5 rings (SSSR count). The molecule has 0 amide bonds. The summed E-state index contributed by atoms with van der Waals surface area (Å²) in [4.78, 5) is 12.8. The highest BCUT2D eigenvalue weighted by atomic mass is 16.4. The molecule has 0 aromatic carbocycles. The highest BCUT2D eigenvalue weighted by Crippen LogP contribution is 2.77. The number of hydrogen-bond donors (Lipinski definition) is 2. The number of fused-ring (bicyclic) bond motifs is 7. The Kier molecular flexibility index (Phi) is 5.40. The smallest absolute Gasteiger partial charge is 0.309 e. The average molecular weight is 469 g/mol. The van der Waals surface area contributed by atoms with Crippen molar-refractivity contribution in [2.24, 2.45) is 56.7 Å². The SMILES string of the molecule is C=C[C@@]1(C)C2CC[C@]3(C)C(CCC4C5C(C(=C)C)CC[C@]5(C(=O)O)CC[C@]43C)[C@@]2(C)CC[C@@H]1O. The molecule has 5 aliphatic rings. The molecule has 11 atom stereocenters. The van der Waals surface area contributed by atoms with Crippen molar-refractivity contribution < 1.29 is 15.0 Å². The van der Waals surface area contributed by atoms with E-state index in [1.54, 1.807) is 0 Å². The number of carboxylic acids is 1. The van der Waals surface area contributed by atoms with E-state index in [1.807, 2.05) is 0 Å². The maximum Gasteiger partial charge on any atom is 0.309 e. The van der Waals surface area contributed by atoms with E-state index in [1.165, 1.54) is 18.4 Å². The lowest BCUT2D eigenvalue weighted by Gasteiger charge is -2.72. The summed E-state index contributed by atoms with van der Waals surface area (Å²) in [6.45, 7) is 20.6. The molecule has 5 fully saturated rings. The van der Waals surface area contributed by atoms with Gasteiger partial charge < -0.3 is 10.2 Å². The molecular weight excluding hydrogens is 420 g/mol. The summed E-state index contributed by atoms with van der Waals surface area (Å²) in [5.41, 5.74) is 1.00. The lowest BCUT2D eigenvalue weighted by atomic mass is 9.32. The van der Waals surface area contributed by atoms with Crippen molar-refractivity contribution in [1.29, 1.82) is 0 Å². The molecule has 2 N–H and O–H groups in total. The molecule has 190 valence electrons. The highest BCUT2D eigenvalue weighted by molar-refractivity contribution is 5.76. The highest BCUT2D eigenvalue weighted by Gasteiger charge is 2.72. The van der Waals surface area contributed by atoms with Crippen molar-refractivity contribution in [3.8, 4) is 0 Å². The summed E-state index contributed by atoms with van der Waals surface area (Å²) >= 11 is 0. The zero-order valence-electron chi connectivity index (χ0n) is 22.3. The van der Waals surface area contributed by atoms with Crippen LogP contribution < -0.4 is 0 Å². The van der Waals surface area contributed by atoms with Gasteiger partial charge in [0.1, 0.15) is 0 Å². The second-order valence-corrected chi connectivity index (χ2v) is 14.3. The van der Waals surface area contributed by atoms with E-state index in [2.05, 4.69) is 53.9 Å². The predicted octanol–water partition coefficient (Wildman–Crippen LogP) is 7.26. The van der Waals surface area contributed by atoms with E-state index in [0.29, 0.717) is 23.7 Å². The van der Waals surface area contributed by atoms with Crippen molar-refractivity contribution in [3.05, 3.63) is 24.8 Å². The van der Waals surface area contributed by atoms with Gasteiger partial charge in [-0.15, -0.1) is 6.58 Å². The third-order valence-electron chi connectivity index (χ3n) is 13.6. The fourth-order valence-electron chi connectivity index (χ4n) is 11.5. The third kappa shape index (κ3) is 2.72. The molecule has 5 aliphatic carbocycles. The predicted molar refractivity (Wildman–Crippen MR) is 137 cm³/mol. The van der Waals surface area contributed by atoms with Crippen LogP contribution in [0.15, 0.2) is 24.8 Å². The third-order valence-corrected chi connectivity index (χ3v) is 13.6. The Morgan fingerprint density at radius 2 is 1.59 bits per heavy atom. The van der Waals surface area contributed by atoms with Gasteiger partial charge in [-0.25, -0.2) is 0 Å². The molecule has 3 heteroatoms. The Bertz CT molecular complexity index is 908. The molecule has 0 aliphatic heterocycles. The van der Waals surface area contributed by atoms with E-state index in [0.717, 1.165) is 51.4 Å². The molecule has 0 aromatic rings. The second kappa shape index (κ2) is 7.46. The van der Waals surface area contributed by atoms with Crippen LogP contribution in [0, 0.1) is 56.7 Å². The number of carbonyl (C=O) groups is 1. The molecule has 0 saturated heterocycles. The van der Waals surface area contributed by atoms with E-state index in [-0.39, 0.29) is 33.7 Å². The first-order chi connectivity index (χ1) is 15.8. The number of carboxylic acid groups (broad SMARTS) is 1. The molecule has 5 saturated carbocycles. The molecule has 0 bridgehead atoms. The minimum atomic E-state index is -0.547. The van der Waals surface area contributed by atoms with Crippen LogP contribution in [-0.4, -0.2) is 22.3 Å². The average Bonchev–Trinajstić information content (AvgIpc) is 3.18. The van der Waals surface area contributed by atoms with Gasteiger partial charge in [0.25, 0.3) is 0 Å². The zero-order valence-corrected chi connectivity index (χ0v) is 22.3. The summed E-state index contributed by atoms with van der Waals surface area (Å²) in [6, 6.07) is 0. The first-order valence-electron chi connectivity index (χ1n) is 14.0. The van der Waals surface area contributed by atoms with Crippen molar-refractivity contribution in [3.63, 3.8) is 0 Å². The first-order valence-corrected chi connectivity index (χ1v) is 14.0. The maximum absolute atomic E-state index is 12.8. The van der Waals surface area contributed by atoms with Crippen LogP contribution in [0.3, 0.4) is 0 Å². The minimum absolute atomic E-state index is 0.159. The van der Waals surface area contributed by atoms with Gasteiger partial charge in [-0.2, -0.15) is 0 Å². The largest absolute Gasteiger partial charge is 0.481 e. The summed E-state index contributed by atoms with van der Waals surface area (Å²) < 4.78 is 0. The van der Waals surface area contributed by atoms with E-state index in [4.69, 9.17) is 0 Å². The summed E-state index contributed by atoms with van der Waals surface area (Å²) in [5.74, 6) is 1.58. The topological polar surface area (TPSA) is 57.5 Å². The molecule has 34 heavy (non-hydrogen) atoms. The minimum Gasteiger partial charge on any atom is -0.481 e. The van der Waals surface area contributed by atoms with E-state index < -0.39 is 11.4 Å². The van der Waals surface area contributed by atoms with Crippen LogP contribution in [0.25, 0.3) is 0 Å². The Hall–Kier alpha value is -1.09. The number of hydrogen-bond acceptors (Lipinski definition) is 2. The van der Waals surface area contributed by atoms with Crippen LogP contribution in [0.1, 0.15) is 98.8 Å². The fourth-order valence-corrected chi connectivity index (χ4v) is 11.5. The number of allylic oxidation sites excluding steroid dienone is 1. The standard InChI is InChI=1S/C31H48O3/c1-8-27(4)22-12-15-30(7)23(28(22,5)14-13-24(27)32)10-9-21-25-20(19(2)3)11-16-31(25,26(33)34)18-17-29(21,30)6/h8,20-25,32H,1-2,9-18H2,3-7H3,(H,33,34)/t20?,21?,22?,23?,24-,25?,27-,28-,29+,30+,31-/m0/s1. The molecule has 3 nitrogen and oxygen atoms in total. The van der Waals surface area contributed by atoms with Crippen molar-refractivity contribution in [2.75, 3.05) is 0 Å². The van der Waals surface area contributed by atoms with E-state index in [9.17, 15) is 15.0 Å². The van der Waals surface area contributed by atoms with Gasteiger partial charge in [-0.3, -0.25) is 4.79 Å². The van der Waals surface area contributed by atoms with Gasteiger partial charge in [0.15, 0.2) is 0 Å². The van der Waals surface area contributed by atoms with Gasteiger partial charge >= 0.3 is 5.97 Å². The summed E-state index contributed by atoms with van der Waals surface area (Å²) in [6.07, 6.45) is 12.1. The number of aliphatic carboxylic acids is 1. The van der Waals surface area contributed by atoms with Crippen molar-refractivity contribution >= 4 is 5.97 Å². The Morgan fingerprint density at radius 3 is 2.21 bits per heavy atom. The van der Waals surface area contributed by atoms with Crippen LogP contribution in [0.4, 0.5) is 0 Å². The fraction of sp³-hybridized carbons (Fsp3) is 0.839. The zero-order chi connectivity index (χ0) is 24.9. The van der Waals surface area contributed by atoms with Crippen molar-refractivity contribution in [2.45, 2.75) is 105 Å². The van der Waals surface area contributed by atoms with Gasteiger partial charge in [0, 0.05) is 5.41 Å². The quantitative estimate of drug-likeness (QED) is 0.429. The number of aliphatic hydroxyl groups is 1. The van der Waals surface area contributed by atoms with Crippen molar-refractivity contribution in [1.82, 2.24) is 0 Å².